The molecule has 0 aliphatic carbocycles. The molecule has 0 spiro atoms. The van der Waals surface area contributed by atoms with E-state index in [2.05, 4.69) is 5.10 Å². The number of aromatic nitrogens is 2. The Labute approximate surface area is 123 Å². The number of hydrogen-bond acceptors (Lipinski definition) is 5. The maximum absolute atomic E-state index is 11.9. The Balaban J connectivity index is 2.05. The fourth-order valence-electron chi connectivity index (χ4n) is 1.95. The van der Waals surface area contributed by atoms with E-state index in [1.54, 1.807) is 36.0 Å². The topological polar surface area (TPSA) is 79.4 Å². The molecule has 21 heavy (non-hydrogen) atoms. The van der Waals surface area contributed by atoms with Crippen LogP contribution in [0.1, 0.15) is 23.0 Å². The Kier molecular flexibility index (Phi) is 4.81. The molecule has 1 heterocycles. The molecule has 6 heteroatoms. The third-order valence-corrected chi connectivity index (χ3v) is 3.04. The summed E-state index contributed by atoms with van der Waals surface area (Å²) < 4.78 is 12.5. The zero-order chi connectivity index (χ0) is 15.2. The van der Waals surface area contributed by atoms with Gasteiger partial charge in [-0.15, -0.1) is 0 Å². The van der Waals surface area contributed by atoms with Crippen LogP contribution in [0.5, 0.6) is 5.75 Å². The molecule has 2 rings (SSSR count). The first kappa shape index (κ1) is 14.9. The number of aryl methyl sites for hydroxylation is 1. The largest absolute Gasteiger partial charge is 0.492 e. The summed E-state index contributed by atoms with van der Waals surface area (Å²) in [6, 6.07) is 6.88. The Morgan fingerprint density at radius 1 is 1.38 bits per heavy atom. The van der Waals surface area contributed by atoms with Crippen LogP contribution in [0.15, 0.2) is 30.5 Å². The van der Waals surface area contributed by atoms with Crippen molar-refractivity contribution in [2.45, 2.75) is 13.3 Å². The molecule has 0 unspecified atom stereocenters. The first-order valence-electron chi connectivity index (χ1n) is 6.78. The van der Waals surface area contributed by atoms with E-state index in [-0.39, 0.29) is 0 Å². The second-order valence-electron chi connectivity index (χ2n) is 4.52. The van der Waals surface area contributed by atoms with Crippen molar-refractivity contribution >= 4 is 11.7 Å². The second-order valence-corrected chi connectivity index (χ2v) is 4.52. The van der Waals surface area contributed by atoms with E-state index in [1.807, 2.05) is 13.1 Å². The van der Waals surface area contributed by atoms with Crippen molar-refractivity contribution in [3.8, 4) is 5.75 Å². The number of nitrogens with two attached hydrogens (primary N) is 1. The number of anilines is 1. The molecule has 0 bridgehead atoms. The van der Waals surface area contributed by atoms with Crippen LogP contribution in [-0.2, 0) is 18.2 Å². The van der Waals surface area contributed by atoms with E-state index in [4.69, 9.17) is 15.2 Å². The molecule has 0 aliphatic heterocycles. The first-order valence-corrected chi connectivity index (χ1v) is 6.78. The maximum Gasteiger partial charge on any atom is 0.341 e. The van der Waals surface area contributed by atoms with Gasteiger partial charge in [0.15, 0.2) is 0 Å². The van der Waals surface area contributed by atoms with E-state index in [0.717, 1.165) is 5.69 Å². The number of rotatable bonds is 6. The number of benzene rings is 1. The zero-order valence-electron chi connectivity index (χ0n) is 12.2. The monoisotopic (exact) mass is 289 g/mol. The molecule has 1 aromatic carbocycles. The number of carbonyl (C=O) groups is 1. The normalized spacial score (nSPS) is 10.4. The number of hydrogen-bond donors (Lipinski definition) is 1. The highest BCUT2D eigenvalue weighted by molar-refractivity contribution is 5.93. The molecule has 0 saturated carbocycles. The molecule has 2 aromatic rings. The van der Waals surface area contributed by atoms with Gasteiger partial charge in [-0.1, -0.05) is 0 Å². The fraction of sp³-hybridized carbons (Fsp3) is 0.333. The Bertz CT molecular complexity index is 622. The van der Waals surface area contributed by atoms with Crippen LogP contribution >= 0.6 is 0 Å². The average molecular weight is 289 g/mol. The minimum absolute atomic E-state index is 0.308. The molecule has 1 aromatic heterocycles. The number of nitrogens with zero attached hydrogens (tertiary/aromatic N) is 2. The lowest BCUT2D eigenvalue weighted by molar-refractivity contribution is 0.0522. The first-order chi connectivity index (χ1) is 10.1. The summed E-state index contributed by atoms with van der Waals surface area (Å²) in [6.45, 7) is 2.51. The highest BCUT2D eigenvalue weighted by Crippen LogP contribution is 2.22. The van der Waals surface area contributed by atoms with Gasteiger partial charge < -0.3 is 15.2 Å². The maximum atomic E-state index is 11.9. The summed E-state index contributed by atoms with van der Waals surface area (Å²) >= 11 is 0. The zero-order valence-corrected chi connectivity index (χ0v) is 12.2. The Morgan fingerprint density at radius 3 is 2.86 bits per heavy atom. The molecule has 0 radical (unpaired) electrons. The molecular formula is C15H19N3O3. The summed E-state index contributed by atoms with van der Waals surface area (Å²) in [7, 11) is 1.88. The molecule has 112 valence electrons. The molecule has 2 N–H and O–H groups in total. The van der Waals surface area contributed by atoms with Crippen LogP contribution in [0.3, 0.4) is 0 Å². The van der Waals surface area contributed by atoms with Crippen LogP contribution in [0.2, 0.25) is 0 Å². The van der Waals surface area contributed by atoms with Gasteiger partial charge in [-0.2, -0.15) is 5.10 Å². The minimum Gasteiger partial charge on any atom is -0.492 e. The quantitative estimate of drug-likeness (QED) is 0.648. The molecular weight excluding hydrogens is 270 g/mol. The van der Waals surface area contributed by atoms with Gasteiger partial charge in [-0.25, -0.2) is 4.79 Å². The summed E-state index contributed by atoms with van der Waals surface area (Å²) in [5.41, 5.74) is 7.62. The summed E-state index contributed by atoms with van der Waals surface area (Å²) in [5.74, 6) is 0.0464. The van der Waals surface area contributed by atoms with Gasteiger partial charge in [0.25, 0.3) is 0 Å². The van der Waals surface area contributed by atoms with Gasteiger partial charge in [0, 0.05) is 31.0 Å². The van der Waals surface area contributed by atoms with Crippen molar-refractivity contribution in [1.82, 2.24) is 9.78 Å². The molecule has 0 amide bonds. The van der Waals surface area contributed by atoms with E-state index in [1.165, 1.54) is 0 Å². The van der Waals surface area contributed by atoms with E-state index < -0.39 is 5.97 Å². The van der Waals surface area contributed by atoms with Crippen LogP contribution in [0.25, 0.3) is 0 Å². The van der Waals surface area contributed by atoms with E-state index in [9.17, 15) is 4.79 Å². The number of esters is 1. The van der Waals surface area contributed by atoms with Crippen molar-refractivity contribution in [1.29, 1.82) is 0 Å². The summed E-state index contributed by atoms with van der Waals surface area (Å²) in [5, 5.41) is 4.09. The van der Waals surface area contributed by atoms with Crippen molar-refractivity contribution in [3.63, 3.8) is 0 Å². The highest BCUT2D eigenvalue weighted by atomic mass is 16.5. The number of nitrogen functional groups attached to an aromatic ring is 1. The van der Waals surface area contributed by atoms with Gasteiger partial charge in [0.2, 0.25) is 0 Å². The van der Waals surface area contributed by atoms with Gasteiger partial charge in [0.1, 0.15) is 11.3 Å². The Morgan fingerprint density at radius 2 is 2.19 bits per heavy atom. The second kappa shape index (κ2) is 6.78. The summed E-state index contributed by atoms with van der Waals surface area (Å²) in [4.78, 5) is 11.9. The molecule has 6 nitrogen and oxygen atoms in total. The number of ether oxygens (including phenoxy) is 2. The molecule has 0 fully saturated rings. The van der Waals surface area contributed by atoms with Crippen molar-refractivity contribution in [2.24, 2.45) is 7.05 Å². The van der Waals surface area contributed by atoms with Crippen LogP contribution in [0, 0.1) is 0 Å². The predicted molar refractivity (Wildman–Crippen MR) is 79.2 cm³/mol. The van der Waals surface area contributed by atoms with Crippen molar-refractivity contribution < 1.29 is 14.3 Å². The molecule has 0 aliphatic rings. The Hall–Kier alpha value is -2.50. The third-order valence-electron chi connectivity index (χ3n) is 3.04. The van der Waals surface area contributed by atoms with Crippen LogP contribution in [-0.4, -0.2) is 29.0 Å². The predicted octanol–water partition coefficient (Wildman–Crippen LogP) is 1.80. The fourth-order valence-corrected chi connectivity index (χ4v) is 1.95. The third kappa shape index (κ3) is 3.75. The minimum atomic E-state index is -0.430. The number of carbonyl (C=O) groups excluding carboxylic acids is 1. The highest BCUT2D eigenvalue weighted by Gasteiger charge is 2.14. The van der Waals surface area contributed by atoms with Crippen LogP contribution in [0.4, 0.5) is 5.69 Å². The van der Waals surface area contributed by atoms with Gasteiger partial charge >= 0.3 is 5.97 Å². The molecule has 0 saturated heterocycles. The molecule has 0 atom stereocenters. The van der Waals surface area contributed by atoms with Crippen molar-refractivity contribution in [3.05, 3.63) is 41.7 Å². The SMILES string of the molecule is CCOC(=O)c1cc(N)ccc1OCCc1ccnn1C. The standard InChI is InChI=1S/C15H19N3O3/c1-3-20-15(19)13-10-11(16)4-5-14(13)21-9-7-12-6-8-17-18(12)2/h4-6,8,10H,3,7,9,16H2,1-2H3. The smallest absolute Gasteiger partial charge is 0.341 e. The lowest BCUT2D eigenvalue weighted by atomic mass is 10.2. The van der Waals surface area contributed by atoms with Gasteiger partial charge in [0.05, 0.1) is 13.2 Å². The van der Waals surface area contributed by atoms with Gasteiger partial charge in [-0.05, 0) is 31.2 Å². The summed E-state index contributed by atoms with van der Waals surface area (Å²) in [6.07, 6.45) is 2.44. The van der Waals surface area contributed by atoms with Crippen molar-refractivity contribution in [2.75, 3.05) is 18.9 Å². The lowest BCUT2D eigenvalue weighted by Gasteiger charge is -2.11. The van der Waals surface area contributed by atoms with E-state index >= 15 is 0 Å². The average Bonchev–Trinajstić information content (AvgIpc) is 2.86. The van der Waals surface area contributed by atoms with E-state index in [0.29, 0.717) is 36.6 Å². The van der Waals surface area contributed by atoms with Gasteiger partial charge in [-0.3, -0.25) is 4.68 Å². The lowest BCUT2D eigenvalue weighted by Crippen LogP contribution is -2.11. The van der Waals surface area contributed by atoms with Crippen LogP contribution < -0.4 is 10.5 Å².